The number of nitrogens with zero attached hydrogens (tertiary/aromatic N) is 2. The predicted molar refractivity (Wildman–Crippen MR) is 102 cm³/mol. The van der Waals surface area contributed by atoms with Gasteiger partial charge in [0.15, 0.2) is 0 Å². The molecule has 1 atom stereocenters. The maximum atomic E-state index is 14.3. The smallest absolute Gasteiger partial charge is 0.253 e. The van der Waals surface area contributed by atoms with Crippen molar-refractivity contribution in [3.05, 3.63) is 28.0 Å². The Hall–Kier alpha value is -1.14. The topological polar surface area (TPSA) is 49.6 Å². The molecule has 1 unspecified atom stereocenters. The first-order valence-corrected chi connectivity index (χ1v) is 10.1. The number of hydrogen-bond donors (Lipinski definition) is 1. The molecule has 4 nitrogen and oxygen atoms in total. The molecule has 1 aromatic rings. The third kappa shape index (κ3) is 4.73. The molecular formula is C19H27BrFN3O. The van der Waals surface area contributed by atoms with Crippen molar-refractivity contribution >= 4 is 27.5 Å². The maximum absolute atomic E-state index is 14.3. The lowest BCUT2D eigenvalue weighted by atomic mass is 9.96. The zero-order valence-corrected chi connectivity index (χ0v) is 16.2. The molecule has 0 radical (unpaired) electrons. The van der Waals surface area contributed by atoms with Crippen LogP contribution in [0.4, 0.5) is 10.1 Å². The molecule has 0 saturated carbocycles. The second-order valence-corrected chi connectivity index (χ2v) is 8.23. The summed E-state index contributed by atoms with van der Waals surface area (Å²) in [7, 11) is 0. The third-order valence-electron chi connectivity index (χ3n) is 5.36. The van der Waals surface area contributed by atoms with Gasteiger partial charge in [0.25, 0.3) is 5.91 Å². The normalized spacial score (nSPS) is 22.6. The summed E-state index contributed by atoms with van der Waals surface area (Å²) in [4.78, 5) is 16.5. The summed E-state index contributed by atoms with van der Waals surface area (Å²) in [5, 5.41) is 0. The highest BCUT2D eigenvalue weighted by atomic mass is 79.9. The van der Waals surface area contributed by atoms with Crippen molar-refractivity contribution in [1.29, 1.82) is 0 Å². The van der Waals surface area contributed by atoms with Gasteiger partial charge in [0, 0.05) is 24.1 Å². The number of halogens is 2. The number of piperidine rings is 1. The molecule has 0 aromatic heterocycles. The minimum atomic E-state index is -0.699. The number of benzene rings is 1. The zero-order chi connectivity index (χ0) is 17.8. The van der Waals surface area contributed by atoms with Crippen molar-refractivity contribution in [2.24, 2.45) is 11.7 Å². The zero-order valence-electron chi connectivity index (χ0n) is 14.6. The van der Waals surface area contributed by atoms with E-state index >= 15 is 0 Å². The summed E-state index contributed by atoms with van der Waals surface area (Å²) < 4.78 is 14.9. The standard InChI is InChI=1S/C19H27BrFN3O/c20-15-10-16(21)18(19(22)25)17(11-15)24-9-5-6-14(13-24)12-23-7-3-1-2-4-8-23/h10-11,14H,1-9,12-13H2,(H2,22,25). The van der Waals surface area contributed by atoms with E-state index in [1.54, 1.807) is 0 Å². The SMILES string of the molecule is NC(=O)c1c(F)cc(Br)cc1N1CCCC(CN2CCCCCC2)C1. The second kappa shape index (κ2) is 8.49. The molecule has 6 heteroatoms. The van der Waals surface area contributed by atoms with E-state index in [0.29, 0.717) is 16.1 Å². The summed E-state index contributed by atoms with van der Waals surface area (Å²) in [6.07, 6.45) is 7.51. The van der Waals surface area contributed by atoms with E-state index in [1.807, 2.05) is 6.07 Å². The summed E-state index contributed by atoms with van der Waals surface area (Å²) in [5.74, 6) is -0.698. The van der Waals surface area contributed by atoms with Gasteiger partial charge in [-0.25, -0.2) is 4.39 Å². The van der Waals surface area contributed by atoms with E-state index in [2.05, 4.69) is 25.7 Å². The van der Waals surface area contributed by atoms with Crippen LogP contribution >= 0.6 is 15.9 Å². The van der Waals surface area contributed by atoms with Crippen LogP contribution in [0.25, 0.3) is 0 Å². The van der Waals surface area contributed by atoms with Crippen molar-refractivity contribution in [2.75, 3.05) is 37.6 Å². The number of carbonyl (C=O) groups excluding carboxylic acids is 1. The largest absolute Gasteiger partial charge is 0.370 e. The average molecular weight is 412 g/mol. The molecule has 1 amide bonds. The van der Waals surface area contributed by atoms with E-state index in [4.69, 9.17) is 5.73 Å². The lowest BCUT2D eigenvalue weighted by Crippen LogP contribution is -2.42. The molecule has 2 aliphatic rings. The van der Waals surface area contributed by atoms with Gasteiger partial charge in [0.2, 0.25) is 0 Å². The second-order valence-electron chi connectivity index (χ2n) is 7.32. The molecule has 2 heterocycles. The Bertz CT molecular complexity index is 617. The third-order valence-corrected chi connectivity index (χ3v) is 5.81. The first kappa shape index (κ1) is 18.6. The monoisotopic (exact) mass is 411 g/mol. The Kier molecular flexibility index (Phi) is 6.34. The van der Waals surface area contributed by atoms with Gasteiger partial charge < -0.3 is 15.5 Å². The number of amides is 1. The van der Waals surface area contributed by atoms with E-state index in [-0.39, 0.29) is 5.56 Å². The van der Waals surface area contributed by atoms with Gasteiger partial charge >= 0.3 is 0 Å². The highest BCUT2D eigenvalue weighted by molar-refractivity contribution is 9.10. The highest BCUT2D eigenvalue weighted by Crippen LogP contribution is 2.31. The quantitative estimate of drug-likeness (QED) is 0.819. The van der Waals surface area contributed by atoms with Crippen molar-refractivity contribution in [3.63, 3.8) is 0 Å². The van der Waals surface area contributed by atoms with Crippen LogP contribution in [0.5, 0.6) is 0 Å². The summed E-state index contributed by atoms with van der Waals surface area (Å²) in [6.45, 7) is 5.17. The number of primary amides is 1. The molecule has 2 saturated heterocycles. The Morgan fingerprint density at radius 1 is 1.16 bits per heavy atom. The number of likely N-dealkylation sites (tertiary alicyclic amines) is 1. The van der Waals surface area contributed by atoms with Crippen LogP contribution in [0.2, 0.25) is 0 Å². The van der Waals surface area contributed by atoms with Gasteiger partial charge in [0.05, 0.1) is 11.3 Å². The van der Waals surface area contributed by atoms with Gasteiger partial charge in [-0.05, 0) is 56.8 Å². The summed E-state index contributed by atoms with van der Waals surface area (Å²) in [5.41, 5.74) is 6.08. The lowest BCUT2D eigenvalue weighted by molar-refractivity contribution is 0.0996. The average Bonchev–Trinajstić information content (AvgIpc) is 2.82. The lowest BCUT2D eigenvalue weighted by Gasteiger charge is -2.37. The van der Waals surface area contributed by atoms with Crippen molar-refractivity contribution in [1.82, 2.24) is 4.90 Å². The molecule has 25 heavy (non-hydrogen) atoms. The number of rotatable bonds is 4. The molecular weight excluding hydrogens is 385 g/mol. The molecule has 138 valence electrons. The van der Waals surface area contributed by atoms with Gasteiger partial charge in [-0.3, -0.25) is 4.79 Å². The molecule has 3 rings (SSSR count). The van der Waals surface area contributed by atoms with Crippen LogP contribution in [0, 0.1) is 11.7 Å². The molecule has 2 aliphatic heterocycles. The fourth-order valence-electron chi connectivity index (χ4n) is 4.17. The Morgan fingerprint density at radius 3 is 2.56 bits per heavy atom. The Balaban J connectivity index is 1.74. The number of anilines is 1. The van der Waals surface area contributed by atoms with E-state index < -0.39 is 11.7 Å². The van der Waals surface area contributed by atoms with Crippen LogP contribution in [0.3, 0.4) is 0 Å². The fourth-order valence-corrected chi connectivity index (χ4v) is 4.59. The fraction of sp³-hybridized carbons (Fsp3) is 0.632. The predicted octanol–water partition coefficient (Wildman–Crippen LogP) is 3.78. The minimum absolute atomic E-state index is 0.0126. The van der Waals surface area contributed by atoms with Gasteiger partial charge in [0.1, 0.15) is 5.82 Å². The van der Waals surface area contributed by atoms with Crippen LogP contribution in [0.1, 0.15) is 48.9 Å². The van der Waals surface area contributed by atoms with Crippen LogP contribution in [-0.2, 0) is 0 Å². The van der Waals surface area contributed by atoms with Crippen LogP contribution in [0.15, 0.2) is 16.6 Å². The van der Waals surface area contributed by atoms with Crippen molar-refractivity contribution in [2.45, 2.75) is 38.5 Å². The molecule has 0 bridgehead atoms. The number of carbonyl (C=O) groups is 1. The van der Waals surface area contributed by atoms with E-state index in [9.17, 15) is 9.18 Å². The molecule has 2 N–H and O–H groups in total. The highest BCUT2D eigenvalue weighted by Gasteiger charge is 2.26. The minimum Gasteiger partial charge on any atom is -0.370 e. The van der Waals surface area contributed by atoms with Crippen molar-refractivity contribution < 1.29 is 9.18 Å². The van der Waals surface area contributed by atoms with Crippen LogP contribution in [-0.4, -0.2) is 43.5 Å². The van der Waals surface area contributed by atoms with Gasteiger partial charge in [-0.1, -0.05) is 28.8 Å². The first-order chi connectivity index (χ1) is 12.0. The van der Waals surface area contributed by atoms with Gasteiger partial charge in [-0.2, -0.15) is 0 Å². The Labute approximate surface area is 157 Å². The molecule has 1 aromatic carbocycles. The Morgan fingerprint density at radius 2 is 1.88 bits per heavy atom. The molecule has 0 aliphatic carbocycles. The summed E-state index contributed by atoms with van der Waals surface area (Å²) >= 11 is 3.34. The van der Waals surface area contributed by atoms with Gasteiger partial charge in [-0.15, -0.1) is 0 Å². The number of hydrogen-bond acceptors (Lipinski definition) is 3. The van der Waals surface area contributed by atoms with Crippen LogP contribution < -0.4 is 10.6 Å². The molecule has 0 spiro atoms. The number of nitrogens with two attached hydrogens (primary N) is 1. The molecule has 2 fully saturated rings. The van der Waals surface area contributed by atoms with Crippen molar-refractivity contribution in [3.8, 4) is 0 Å². The van der Waals surface area contributed by atoms with E-state index in [0.717, 1.165) is 26.1 Å². The summed E-state index contributed by atoms with van der Waals surface area (Å²) in [6, 6.07) is 3.12. The first-order valence-electron chi connectivity index (χ1n) is 9.30. The van der Waals surface area contributed by atoms with E-state index in [1.165, 1.54) is 51.3 Å². The maximum Gasteiger partial charge on any atom is 0.253 e.